The van der Waals surface area contributed by atoms with E-state index in [-0.39, 0.29) is 17.9 Å². The molecule has 3 heterocycles. The van der Waals surface area contributed by atoms with Crippen molar-refractivity contribution in [2.24, 2.45) is 0 Å². The molecule has 1 aliphatic heterocycles. The maximum absolute atomic E-state index is 12.1. The second kappa shape index (κ2) is 7.74. The van der Waals surface area contributed by atoms with Crippen LogP contribution in [0.1, 0.15) is 48.5 Å². The Morgan fingerprint density at radius 3 is 3.00 bits per heavy atom. The number of hydrogen-bond acceptors (Lipinski definition) is 5. The third kappa shape index (κ3) is 4.22. The first-order valence-corrected chi connectivity index (χ1v) is 9.36. The van der Waals surface area contributed by atoms with Gasteiger partial charge in [0, 0.05) is 31.8 Å². The Balaban J connectivity index is 1.73. The van der Waals surface area contributed by atoms with E-state index in [9.17, 15) is 9.59 Å². The van der Waals surface area contributed by atoms with E-state index in [0.29, 0.717) is 18.8 Å². The van der Waals surface area contributed by atoms with E-state index in [1.54, 1.807) is 24.5 Å². The molecule has 3 rings (SSSR count). The number of likely N-dealkylation sites (tertiary alicyclic amines) is 1. The van der Waals surface area contributed by atoms with Crippen LogP contribution in [0.4, 0.5) is 0 Å². The van der Waals surface area contributed by atoms with Gasteiger partial charge in [0.15, 0.2) is 0 Å². The molecule has 0 bridgehead atoms. The van der Waals surface area contributed by atoms with Crippen molar-refractivity contribution in [1.29, 1.82) is 0 Å². The number of aromatic nitrogens is 2. The Morgan fingerprint density at radius 1 is 1.44 bits per heavy atom. The molecule has 1 saturated heterocycles. The van der Waals surface area contributed by atoms with E-state index in [4.69, 9.17) is 0 Å². The summed E-state index contributed by atoms with van der Waals surface area (Å²) >= 11 is 1.58. The van der Waals surface area contributed by atoms with Crippen molar-refractivity contribution >= 4 is 23.2 Å². The summed E-state index contributed by atoms with van der Waals surface area (Å²) in [4.78, 5) is 34.7. The van der Waals surface area contributed by atoms with Crippen LogP contribution in [0.5, 0.6) is 0 Å². The quantitative estimate of drug-likeness (QED) is 0.890. The molecule has 132 valence electrons. The van der Waals surface area contributed by atoms with Crippen LogP contribution in [0.25, 0.3) is 0 Å². The number of hydrogen-bond donors (Lipinski definition) is 1. The highest BCUT2D eigenvalue weighted by molar-refractivity contribution is 7.08. The molecule has 0 saturated carbocycles. The average molecular weight is 358 g/mol. The molecule has 1 atom stereocenters. The lowest BCUT2D eigenvalue weighted by Crippen LogP contribution is -2.31. The topological polar surface area (TPSA) is 75.2 Å². The average Bonchev–Trinajstić information content (AvgIpc) is 3.25. The molecule has 25 heavy (non-hydrogen) atoms. The van der Waals surface area contributed by atoms with Gasteiger partial charge in [-0.2, -0.15) is 11.3 Å². The van der Waals surface area contributed by atoms with Crippen LogP contribution in [0.3, 0.4) is 0 Å². The molecule has 2 amide bonds. The van der Waals surface area contributed by atoms with Gasteiger partial charge in [-0.15, -0.1) is 0 Å². The molecule has 0 unspecified atom stereocenters. The summed E-state index contributed by atoms with van der Waals surface area (Å²) < 4.78 is 0. The lowest BCUT2D eigenvalue weighted by Gasteiger charge is -2.25. The van der Waals surface area contributed by atoms with E-state index in [1.807, 2.05) is 28.7 Å². The predicted molar refractivity (Wildman–Crippen MR) is 96.0 cm³/mol. The molecule has 7 heteroatoms. The van der Waals surface area contributed by atoms with Gasteiger partial charge in [-0.3, -0.25) is 9.59 Å². The van der Waals surface area contributed by atoms with Crippen molar-refractivity contribution in [3.05, 3.63) is 45.7 Å². The Morgan fingerprint density at radius 2 is 2.28 bits per heavy atom. The standard InChI is InChI=1S/C18H22N4O2S/c1-12-19-9-15(10-20-17(24)8-14-5-7-25-11-14)18(21-12)16-4-3-6-22(16)13(2)23/h5,7,9,11,16H,3-4,6,8,10H2,1-2H3,(H,20,24)/t16-/m1/s1. The number of nitrogens with one attached hydrogen (secondary N) is 1. The molecule has 2 aromatic rings. The van der Waals surface area contributed by atoms with Crippen molar-refractivity contribution in [2.45, 2.75) is 45.7 Å². The van der Waals surface area contributed by atoms with E-state index >= 15 is 0 Å². The van der Waals surface area contributed by atoms with Gasteiger partial charge in [-0.1, -0.05) is 0 Å². The maximum atomic E-state index is 12.1. The van der Waals surface area contributed by atoms with Crippen LogP contribution in [0, 0.1) is 6.92 Å². The van der Waals surface area contributed by atoms with Gasteiger partial charge in [-0.05, 0) is 42.2 Å². The molecule has 6 nitrogen and oxygen atoms in total. The lowest BCUT2D eigenvalue weighted by atomic mass is 10.1. The molecule has 2 aromatic heterocycles. The van der Waals surface area contributed by atoms with Gasteiger partial charge >= 0.3 is 0 Å². The Kier molecular flexibility index (Phi) is 5.43. The zero-order chi connectivity index (χ0) is 17.8. The Bertz CT molecular complexity index is 760. The fourth-order valence-corrected chi connectivity index (χ4v) is 3.87. The molecule has 0 spiro atoms. The molecule has 0 radical (unpaired) electrons. The summed E-state index contributed by atoms with van der Waals surface area (Å²) in [7, 11) is 0. The van der Waals surface area contributed by atoms with Crippen molar-refractivity contribution < 1.29 is 9.59 Å². The van der Waals surface area contributed by atoms with Crippen molar-refractivity contribution in [3.8, 4) is 0 Å². The van der Waals surface area contributed by atoms with Crippen LogP contribution >= 0.6 is 11.3 Å². The molecular formula is C18H22N4O2S. The SMILES string of the molecule is CC(=O)N1CCC[C@@H]1c1nc(C)ncc1CNC(=O)Cc1ccsc1. The zero-order valence-corrected chi connectivity index (χ0v) is 15.3. The van der Waals surface area contributed by atoms with Gasteiger partial charge in [0.25, 0.3) is 0 Å². The number of nitrogens with zero attached hydrogens (tertiary/aromatic N) is 3. The fraction of sp³-hybridized carbons (Fsp3) is 0.444. The minimum absolute atomic E-state index is 0.0250. The van der Waals surface area contributed by atoms with E-state index in [2.05, 4.69) is 15.3 Å². The first-order valence-electron chi connectivity index (χ1n) is 8.42. The second-order valence-electron chi connectivity index (χ2n) is 6.28. The molecule has 1 fully saturated rings. The maximum Gasteiger partial charge on any atom is 0.224 e. The molecule has 0 aromatic carbocycles. The minimum atomic E-state index is -0.0280. The summed E-state index contributed by atoms with van der Waals surface area (Å²) in [5, 5.41) is 6.89. The van der Waals surface area contributed by atoms with Crippen molar-refractivity contribution in [2.75, 3.05) is 6.54 Å². The van der Waals surface area contributed by atoms with Crippen LogP contribution in [-0.2, 0) is 22.6 Å². The van der Waals surface area contributed by atoms with Crippen LogP contribution < -0.4 is 5.32 Å². The van der Waals surface area contributed by atoms with Gasteiger partial charge in [-0.25, -0.2) is 9.97 Å². The molecular weight excluding hydrogens is 336 g/mol. The number of carbonyl (C=O) groups excluding carboxylic acids is 2. The molecule has 1 N–H and O–H groups in total. The van der Waals surface area contributed by atoms with Gasteiger partial charge in [0.05, 0.1) is 18.2 Å². The number of rotatable bonds is 5. The van der Waals surface area contributed by atoms with Crippen molar-refractivity contribution in [3.63, 3.8) is 0 Å². The minimum Gasteiger partial charge on any atom is -0.352 e. The van der Waals surface area contributed by atoms with Crippen LogP contribution in [0.2, 0.25) is 0 Å². The lowest BCUT2D eigenvalue weighted by molar-refractivity contribution is -0.129. The number of aryl methyl sites for hydroxylation is 1. The highest BCUT2D eigenvalue weighted by atomic mass is 32.1. The van der Waals surface area contributed by atoms with Gasteiger partial charge in [0.1, 0.15) is 5.82 Å². The number of carbonyl (C=O) groups is 2. The summed E-state index contributed by atoms with van der Waals surface area (Å²) in [6.45, 7) is 4.57. The first-order chi connectivity index (χ1) is 12.0. The third-order valence-corrected chi connectivity index (χ3v) is 5.14. The molecule has 1 aliphatic rings. The highest BCUT2D eigenvalue weighted by Crippen LogP contribution is 2.32. The smallest absolute Gasteiger partial charge is 0.224 e. The van der Waals surface area contributed by atoms with Crippen LogP contribution in [-0.4, -0.2) is 33.2 Å². The molecule has 0 aliphatic carbocycles. The number of amides is 2. The zero-order valence-electron chi connectivity index (χ0n) is 14.5. The van der Waals surface area contributed by atoms with Crippen LogP contribution in [0.15, 0.2) is 23.0 Å². The van der Waals surface area contributed by atoms with Gasteiger partial charge < -0.3 is 10.2 Å². The Hall–Kier alpha value is -2.28. The Labute approximate surface area is 151 Å². The van der Waals surface area contributed by atoms with Gasteiger partial charge in [0.2, 0.25) is 11.8 Å². The summed E-state index contributed by atoms with van der Waals surface area (Å²) in [5.74, 6) is 0.713. The normalized spacial score (nSPS) is 16.9. The first kappa shape index (κ1) is 17.5. The van der Waals surface area contributed by atoms with E-state index in [1.165, 1.54) is 0 Å². The largest absolute Gasteiger partial charge is 0.352 e. The number of thiophene rings is 1. The fourth-order valence-electron chi connectivity index (χ4n) is 3.20. The van der Waals surface area contributed by atoms with E-state index in [0.717, 1.165) is 36.2 Å². The summed E-state index contributed by atoms with van der Waals surface area (Å²) in [5.41, 5.74) is 2.75. The highest BCUT2D eigenvalue weighted by Gasteiger charge is 2.31. The third-order valence-electron chi connectivity index (χ3n) is 4.41. The summed E-state index contributed by atoms with van der Waals surface area (Å²) in [6, 6.07) is 1.93. The van der Waals surface area contributed by atoms with E-state index < -0.39 is 0 Å². The summed E-state index contributed by atoms with van der Waals surface area (Å²) in [6.07, 6.45) is 4.00. The van der Waals surface area contributed by atoms with Crippen molar-refractivity contribution in [1.82, 2.24) is 20.2 Å². The second-order valence-corrected chi connectivity index (χ2v) is 7.06. The monoisotopic (exact) mass is 358 g/mol. The predicted octanol–water partition coefficient (Wildman–Crippen LogP) is 2.39.